The number of rotatable bonds is 2. The first-order chi connectivity index (χ1) is 6.74. The molecule has 0 spiro atoms. The molecule has 0 radical (unpaired) electrons. The van der Waals surface area contributed by atoms with Crippen molar-refractivity contribution in [2.24, 2.45) is 0 Å². The molecule has 14 heavy (non-hydrogen) atoms. The van der Waals surface area contributed by atoms with Crippen molar-refractivity contribution >= 4 is 34.1 Å². The van der Waals surface area contributed by atoms with Crippen LogP contribution in [0.2, 0.25) is 0 Å². The summed E-state index contributed by atoms with van der Waals surface area (Å²) in [7, 11) is 0. The number of benzene rings is 1. The number of hydrogen-bond acceptors (Lipinski definition) is 3. The summed E-state index contributed by atoms with van der Waals surface area (Å²) in [6.07, 6.45) is 0. The van der Waals surface area contributed by atoms with Gasteiger partial charge in [-0.15, -0.1) is 24.0 Å². The highest BCUT2D eigenvalue weighted by atomic mass is 32.1. The summed E-state index contributed by atoms with van der Waals surface area (Å²) >= 11 is 6.16. The van der Waals surface area contributed by atoms with Crippen LogP contribution in [-0.4, -0.2) is 6.61 Å². The fraction of sp³-hybridized carbons (Fsp3) is 0.273. The van der Waals surface area contributed by atoms with Gasteiger partial charge in [-0.05, 0) is 36.9 Å². The maximum atomic E-state index is 5.62. The summed E-state index contributed by atoms with van der Waals surface area (Å²) in [6, 6.07) is 4.09. The summed E-state index contributed by atoms with van der Waals surface area (Å²) < 4.78 is 6.89. The zero-order valence-electron chi connectivity index (χ0n) is 8.20. The van der Waals surface area contributed by atoms with Crippen LogP contribution in [0.5, 0.6) is 5.75 Å². The maximum absolute atomic E-state index is 5.62. The molecular formula is C11H12OS2. The van der Waals surface area contributed by atoms with Crippen molar-refractivity contribution in [1.82, 2.24) is 0 Å². The molecule has 1 nitrogen and oxygen atoms in total. The predicted octanol–water partition coefficient (Wildman–Crippen LogP) is 3.90. The van der Waals surface area contributed by atoms with Crippen LogP contribution < -0.4 is 4.74 Å². The third-order valence-electron chi connectivity index (χ3n) is 2.14. The quantitative estimate of drug-likeness (QED) is 0.761. The minimum Gasteiger partial charge on any atom is -0.492 e. The second kappa shape index (κ2) is 3.83. The number of ether oxygens (including phenoxy) is 1. The van der Waals surface area contributed by atoms with Gasteiger partial charge in [0.25, 0.3) is 0 Å². The molecule has 74 valence electrons. The van der Waals surface area contributed by atoms with Crippen LogP contribution in [0.15, 0.2) is 22.4 Å². The third-order valence-corrected chi connectivity index (χ3v) is 3.56. The minimum absolute atomic E-state index is 0.683. The van der Waals surface area contributed by atoms with Gasteiger partial charge >= 0.3 is 0 Å². The average molecular weight is 224 g/mol. The largest absolute Gasteiger partial charge is 0.492 e. The Morgan fingerprint density at radius 1 is 1.43 bits per heavy atom. The van der Waals surface area contributed by atoms with Crippen LogP contribution in [-0.2, 0) is 0 Å². The Balaban J connectivity index is 2.73. The summed E-state index contributed by atoms with van der Waals surface area (Å²) in [5, 5.41) is 3.37. The molecule has 0 saturated heterocycles. The molecule has 1 heterocycles. The van der Waals surface area contributed by atoms with Crippen molar-refractivity contribution in [2.45, 2.75) is 18.7 Å². The second-order valence-electron chi connectivity index (χ2n) is 3.14. The summed E-state index contributed by atoms with van der Waals surface area (Å²) in [4.78, 5) is 0.917. The topological polar surface area (TPSA) is 9.23 Å². The molecule has 0 amide bonds. The van der Waals surface area contributed by atoms with Crippen molar-refractivity contribution < 1.29 is 4.74 Å². The summed E-state index contributed by atoms with van der Waals surface area (Å²) in [6.45, 7) is 4.78. The van der Waals surface area contributed by atoms with Crippen molar-refractivity contribution in [3.8, 4) is 5.75 Å². The molecule has 3 heteroatoms. The van der Waals surface area contributed by atoms with Crippen LogP contribution in [0.3, 0.4) is 0 Å². The van der Waals surface area contributed by atoms with Crippen molar-refractivity contribution in [1.29, 1.82) is 0 Å². The highest BCUT2D eigenvalue weighted by Crippen LogP contribution is 2.37. The summed E-state index contributed by atoms with van der Waals surface area (Å²) in [5.74, 6) is 0.923. The standard InChI is InChI=1S/C11H12OS2/c1-3-12-11-8(13)4-5-9-10(11)7(2)6-14-9/h4-6,13H,3H2,1-2H3. The lowest BCUT2D eigenvalue weighted by Crippen LogP contribution is -1.93. The zero-order chi connectivity index (χ0) is 10.1. The van der Waals surface area contributed by atoms with Crippen LogP contribution in [0, 0.1) is 6.92 Å². The molecule has 2 rings (SSSR count). The molecule has 0 aliphatic heterocycles. The molecule has 1 aromatic heterocycles. The highest BCUT2D eigenvalue weighted by Gasteiger charge is 2.09. The number of thiol groups is 1. The van der Waals surface area contributed by atoms with Gasteiger partial charge < -0.3 is 4.74 Å². The smallest absolute Gasteiger partial charge is 0.141 e. The number of hydrogen-bond donors (Lipinski definition) is 1. The van der Waals surface area contributed by atoms with E-state index in [-0.39, 0.29) is 0 Å². The Hall–Kier alpha value is -0.670. The van der Waals surface area contributed by atoms with E-state index in [1.165, 1.54) is 15.6 Å². The van der Waals surface area contributed by atoms with Crippen LogP contribution in [0.1, 0.15) is 12.5 Å². The SMILES string of the molecule is CCOc1c(S)ccc2scc(C)c12. The lowest BCUT2D eigenvalue weighted by molar-refractivity contribution is 0.337. The fourth-order valence-corrected chi connectivity index (χ4v) is 2.72. The van der Waals surface area contributed by atoms with Crippen molar-refractivity contribution in [3.63, 3.8) is 0 Å². The molecule has 0 unspecified atom stereocenters. The van der Waals surface area contributed by atoms with Gasteiger partial charge in [0.1, 0.15) is 5.75 Å². The first-order valence-corrected chi connectivity index (χ1v) is 5.89. The molecule has 0 atom stereocenters. The second-order valence-corrected chi connectivity index (χ2v) is 4.53. The van der Waals surface area contributed by atoms with E-state index < -0.39 is 0 Å². The van der Waals surface area contributed by atoms with E-state index in [1.807, 2.05) is 13.0 Å². The third kappa shape index (κ3) is 1.51. The van der Waals surface area contributed by atoms with E-state index in [0.29, 0.717) is 6.61 Å². The lowest BCUT2D eigenvalue weighted by Gasteiger charge is -2.08. The number of aryl methyl sites for hydroxylation is 1. The predicted molar refractivity (Wildman–Crippen MR) is 65.0 cm³/mol. The van der Waals surface area contributed by atoms with Gasteiger partial charge in [-0.1, -0.05) is 0 Å². The molecule has 1 aromatic carbocycles. The van der Waals surface area contributed by atoms with Gasteiger partial charge in [0.15, 0.2) is 0 Å². The fourth-order valence-electron chi connectivity index (χ4n) is 1.53. The zero-order valence-corrected chi connectivity index (χ0v) is 9.91. The molecule has 0 aliphatic rings. The van der Waals surface area contributed by atoms with E-state index >= 15 is 0 Å². The van der Waals surface area contributed by atoms with E-state index in [1.54, 1.807) is 11.3 Å². The Labute approximate surface area is 93.1 Å². The van der Waals surface area contributed by atoms with Gasteiger partial charge in [-0.25, -0.2) is 0 Å². The van der Waals surface area contributed by atoms with Gasteiger partial charge in [0.2, 0.25) is 0 Å². The molecule has 0 N–H and O–H groups in total. The van der Waals surface area contributed by atoms with E-state index in [4.69, 9.17) is 4.74 Å². The Morgan fingerprint density at radius 3 is 2.93 bits per heavy atom. The van der Waals surface area contributed by atoms with Crippen molar-refractivity contribution in [3.05, 3.63) is 23.1 Å². The molecular weight excluding hydrogens is 212 g/mol. The van der Waals surface area contributed by atoms with Gasteiger partial charge in [0, 0.05) is 15.0 Å². The average Bonchev–Trinajstić information content (AvgIpc) is 2.53. The molecule has 0 bridgehead atoms. The molecule has 0 saturated carbocycles. The monoisotopic (exact) mass is 224 g/mol. The maximum Gasteiger partial charge on any atom is 0.141 e. The molecule has 0 fully saturated rings. The van der Waals surface area contributed by atoms with E-state index in [2.05, 4.69) is 31.0 Å². The summed E-state index contributed by atoms with van der Waals surface area (Å²) in [5.41, 5.74) is 1.27. The first-order valence-electron chi connectivity index (χ1n) is 4.56. The molecule has 0 aliphatic carbocycles. The van der Waals surface area contributed by atoms with Crippen LogP contribution in [0.25, 0.3) is 10.1 Å². The number of thiophene rings is 1. The van der Waals surface area contributed by atoms with Crippen LogP contribution >= 0.6 is 24.0 Å². The van der Waals surface area contributed by atoms with E-state index in [9.17, 15) is 0 Å². The minimum atomic E-state index is 0.683. The van der Waals surface area contributed by atoms with Gasteiger partial charge in [0.05, 0.1) is 6.61 Å². The Kier molecular flexibility index (Phi) is 2.70. The molecule has 2 aromatic rings. The van der Waals surface area contributed by atoms with Gasteiger partial charge in [-0.2, -0.15) is 0 Å². The van der Waals surface area contributed by atoms with Crippen LogP contribution in [0.4, 0.5) is 0 Å². The van der Waals surface area contributed by atoms with E-state index in [0.717, 1.165) is 10.6 Å². The number of fused-ring (bicyclic) bond motifs is 1. The Morgan fingerprint density at radius 2 is 2.21 bits per heavy atom. The highest BCUT2D eigenvalue weighted by molar-refractivity contribution is 7.80. The van der Waals surface area contributed by atoms with Crippen molar-refractivity contribution in [2.75, 3.05) is 6.61 Å². The lowest BCUT2D eigenvalue weighted by atomic mass is 10.2. The van der Waals surface area contributed by atoms with Gasteiger partial charge in [-0.3, -0.25) is 0 Å². The normalized spacial score (nSPS) is 10.8. The first kappa shape index (κ1) is 9.87. The Bertz CT molecular complexity index is 460.